The summed E-state index contributed by atoms with van der Waals surface area (Å²) in [5.41, 5.74) is 8.68. The summed E-state index contributed by atoms with van der Waals surface area (Å²) < 4.78 is 4.97. The number of aliphatic hydroxyl groups excluding tert-OH is 4. The van der Waals surface area contributed by atoms with Crippen LogP contribution in [0.4, 0.5) is 0 Å². The zero-order chi connectivity index (χ0) is 17.3. The van der Waals surface area contributed by atoms with Crippen LogP contribution in [0.15, 0.2) is 0 Å². The van der Waals surface area contributed by atoms with Gasteiger partial charge in [-0.3, -0.25) is 9.59 Å². The first-order valence-electron chi connectivity index (χ1n) is 6.40. The Morgan fingerprint density at radius 1 is 1.45 bits per heavy atom. The standard InChI is InChI=1S/C11H21N3O8/c1-4(16)14-11(13)6(18)2-10(21,9(12)20)22-8(11)7(19)5(17)3-15/h5-8,15,17-19,21H,2-3,13H2,1H3,(H2,12,20)(H,14,16)/t5-,6+,7-,8+,10+,11+/m1/s1. The first-order valence-corrected chi connectivity index (χ1v) is 6.40. The topological polar surface area (TPSA) is 209 Å². The van der Waals surface area contributed by atoms with Gasteiger partial charge in [-0.25, -0.2) is 0 Å². The second-order valence-corrected chi connectivity index (χ2v) is 5.26. The van der Waals surface area contributed by atoms with Crippen LogP contribution in [0.1, 0.15) is 13.3 Å². The molecule has 0 saturated carbocycles. The first kappa shape index (κ1) is 18.7. The third-order valence-electron chi connectivity index (χ3n) is 3.48. The van der Waals surface area contributed by atoms with E-state index in [1.807, 2.05) is 0 Å². The van der Waals surface area contributed by atoms with Crippen LogP contribution in [0, 0.1) is 0 Å². The zero-order valence-corrected chi connectivity index (χ0v) is 11.8. The average molecular weight is 323 g/mol. The molecule has 0 aromatic heterocycles. The number of ether oxygens (including phenoxy) is 1. The molecule has 1 aliphatic rings. The predicted molar refractivity (Wildman–Crippen MR) is 69.5 cm³/mol. The number of aliphatic hydroxyl groups is 5. The van der Waals surface area contributed by atoms with Gasteiger partial charge in [-0.05, 0) is 0 Å². The lowest BCUT2D eigenvalue weighted by molar-refractivity contribution is -0.303. The highest BCUT2D eigenvalue weighted by molar-refractivity contribution is 5.82. The van der Waals surface area contributed by atoms with Crippen LogP contribution in [-0.2, 0) is 14.3 Å². The minimum atomic E-state index is -2.67. The molecule has 0 bridgehead atoms. The van der Waals surface area contributed by atoms with E-state index in [1.54, 1.807) is 0 Å². The summed E-state index contributed by atoms with van der Waals surface area (Å²) >= 11 is 0. The smallest absolute Gasteiger partial charge is 0.277 e. The normalized spacial score (nSPS) is 38.1. The van der Waals surface area contributed by atoms with E-state index < -0.39 is 60.7 Å². The quantitative estimate of drug-likeness (QED) is 0.227. The summed E-state index contributed by atoms with van der Waals surface area (Å²) in [5.74, 6) is -4.72. The molecule has 0 aliphatic carbocycles. The molecule has 11 heteroatoms. The lowest BCUT2D eigenvalue weighted by Crippen LogP contribution is -2.79. The molecule has 1 aliphatic heterocycles. The van der Waals surface area contributed by atoms with Gasteiger partial charge in [-0.15, -0.1) is 0 Å². The summed E-state index contributed by atoms with van der Waals surface area (Å²) in [7, 11) is 0. The zero-order valence-electron chi connectivity index (χ0n) is 11.8. The van der Waals surface area contributed by atoms with Crippen LogP contribution in [0.25, 0.3) is 0 Å². The fourth-order valence-corrected chi connectivity index (χ4v) is 2.26. The summed E-state index contributed by atoms with van der Waals surface area (Å²) in [5, 5.41) is 50.6. The summed E-state index contributed by atoms with van der Waals surface area (Å²) in [6.07, 6.45) is -8.06. The minimum absolute atomic E-state index is 0.703. The van der Waals surface area contributed by atoms with Crippen molar-refractivity contribution in [2.45, 2.75) is 49.2 Å². The van der Waals surface area contributed by atoms with Crippen LogP contribution in [-0.4, -0.2) is 79.8 Å². The van der Waals surface area contributed by atoms with Gasteiger partial charge >= 0.3 is 0 Å². The molecule has 1 fully saturated rings. The van der Waals surface area contributed by atoms with Gasteiger partial charge in [0.25, 0.3) is 5.91 Å². The molecule has 0 aromatic rings. The maximum absolute atomic E-state index is 11.3. The number of carbonyl (C=O) groups is 2. The maximum Gasteiger partial charge on any atom is 0.277 e. The van der Waals surface area contributed by atoms with Crippen LogP contribution in [0.5, 0.6) is 0 Å². The number of nitrogens with two attached hydrogens (primary N) is 2. The van der Waals surface area contributed by atoms with Gasteiger partial charge in [0, 0.05) is 13.3 Å². The van der Waals surface area contributed by atoms with Gasteiger partial charge in [0.1, 0.15) is 24.0 Å². The Kier molecular flexibility index (Phi) is 5.46. The summed E-state index contributed by atoms with van der Waals surface area (Å²) in [6, 6.07) is 0. The third kappa shape index (κ3) is 3.35. The molecular formula is C11H21N3O8. The van der Waals surface area contributed by atoms with Crippen molar-refractivity contribution in [3.05, 3.63) is 0 Å². The second-order valence-electron chi connectivity index (χ2n) is 5.26. The minimum Gasteiger partial charge on any atom is -0.394 e. The van der Waals surface area contributed by atoms with E-state index in [-0.39, 0.29) is 0 Å². The number of hydrogen-bond donors (Lipinski definition) is 8. The van der Waals surface area contributed by atoms with Crippen molar-refractivity contribution in [3.8, 4) is 0 Å². The molecule has 0 radical (unpaired) electrons. The van der Waals surface area contributed by atoms with Gasteiger partial charge in [-0.1, -0.05) is 0 Å². The Bertz CT molecular complexity index is 449. The van der Waals surface area contributed by atoms with E-state index in [2.05, 4.69) is 5.32 Å². The van der Waals surface area contributed by atoms with Crippen LogP contribution in [0.2, 0.25) is 0 Å². The van der Waals surface area contributed by atoms with E-state index >= 15 is 0 Å². The largest absolute Gasteiger partial charge is 0.394 e. The molecule has 128 valence electrons. The fraction of sp³-hybridized carbons (Fsp3) is 0.818. The van der Waals surface area contributed by atoms with Crippen molar-refractivity contribution >= 4 is 11.8 Å². The molecule has 0 spiro atoms. The molecule has 1 saturated heterocycles. The fourth-order valence-electron chi connectivity index (χ4n) is 2.26. The van der Waals surface area contributed by atoms with Crippen molar-refractivity contribution in [1.82, 2.24) is 5.32 Å². The van der Waals surface area contributed by atoms with E-state index in [9.17, 15) is 30.0 Å². The molecule has 6 atom stereocenters. The molecular weight excluding hydrogens is 302 g/mol. The van der Waals surface area contributed by atoms with Gasteiger partial charge in [0.15, 0.2) is 0 Å². The Morgan fingerprint density at radius 3 is 2.41 bits per heavy atom. The highest BCUT2D eigenvalue weighted by Crippen LogP contribution is 2.34. The molecule has 2 amide bonds. The average Bonchev–Trinajstić information content (AvgIpc) is 2.40. The van der Waals surface area contributed by atoms with Gasteiger partial charge in [-0.2, -0.15) is 0 Å². The van der Waals surface area contributed by atoms with Crippen molar-refractivity contribution in [3.63, 3.8) is 0 Å². The lowest BCUT2D eigenvalue weighted by Gasteiger charge is -2.50. The van der Waals surface area contributed by atoms with E-state index in [0.717, 1.165) is 6.92 Å². The molecule has 0 unspecified atom stereocenters. The Morgan fingerprint density at radius 2 is 2.00 bits per heavy atom. The first-order chi connectivity index (χ1) is 9.97. The number of amides is 2. The van der Waals surface area contributed by atoms with Gasteiger partial charge in [0.2, 0.25) is 11.7 Å². The van der Waals surface area contributed by atoms with Gasteiger partial charge in [0.05, 0.1) is 12.7 Å². The van der Waals surface area contributed by atoms with Crippen LogP contribution < -0.4 is 16.8 Å². The summed E-state index contributed by atoms with van der Waals surface area (Å²) in [6.45, 7) is 0.171. The molecule has 22 heavy (non-hydrogen) atoms. The molecule has 1 heterocycles. The molecule has 0 aromatic carbocycles. The molecule has 11 nitrogen and oxygen atoms in total. The maximum atomic E-state index is 11.3. The predicted octanol–water partition coefficient (Wildman–Crippen LogP) is -5.18. The number of primary amides is 1. The highest BCUT2D eigenvalue weighted by atomic mass is 16.6. The second kappa shape index (κ2) is 6.42. The van der Waals surface area contributed by atoms with E-state index in [4.69, 9.17) is 21.3 Å². The van der Waals surface area contributed by atoms with Gasteiger partial charge < -0.3 is 47.1 Å². The molecule has 1 rings (SSSR count). The third-order valence-corrected chi connectivity index (χ3v) is 3.48. The van der Waals surface area contributed by atoms with Crippen LogP contribution in [0.3, 0.4) is 0 Å². The van der Waals surface area contributed by atoms with Crippen molar-refractivity contribution in [2.24, 2.45) is 11.5 Å². The van der Waals surface area contributed by atoms with Crippen molar-refractivity contribution in [2.75, 3.05) is 6.61 Å². The number of carbonyl (C=O) groups excluding carboxylic acids is 2. The lowest BCUT2D eigenvalue weighted by atomic mass is 9.83. The van der Waals surface area contributed by atoms with Crippen molar-refractivity contribution in [1.29, 1.82) is 0 Å². The number of rotatable bonds is 5. The number of nitrogens with one attached hydrogen (secondary N) is 1. The molecule has 10 N–H and O–H groups in total. The number of hydrogen-bond acceptors (Lipinski definition) is 9. The summed E-state index contributed by atoms with van der Waals surface area (Å²) in [4.78, 5) is 22.5. The monoisotopic (exact) mass is 323 g/mol. The van der Waals surface area contributed by atoms with Crippen LogP contribution >= 0.6 is 0 Å². The Hall–Kier alpha value is -1.34. The highest BCUT2D eigenvalue weighted by Gasteiger charge is 2.59. The Labute approximate surface area is 125 Å². The van der Waals surface area contributed by atoms with Crippen molar-refractivity contribution < 1.29 is 39.9 Å². The Balaban J connectivity index is 3.24. The van der Waals surface area contributed by atoms with E-state index in [0.29, 0.717) is 0 Å². The van der Waals surface area contributed by atoms with E-state index in [1.165, 1.54) is 0 Å². The SMILES string of the molecule is CC(=O)N[C@@]1(N)[C@@H](O)C[C@@](O)(C(N)=O)O[C@H]1[C@H](O)[C@H](O)CO.